The fraction of sp³-hybridized carbons (Fsp3) is 0.389. The molecule has 2 saturated carbocycles. The molecule has 6 heteroatoms. The predicted octanol–water partition coefficient (Wildman–Crippen LogP) is 2.15. The van der Waals surface area contributed by atoms with E-state index in [1.54, 1.807) is 24.3 Å². The number of amides is 3. The lowest BCUT2D eigenvalue weighted by Gasteiger charge is -2.37. The molecule has 1 aromatic carbocycles. The molecule has 1 aromatic rings. The minimum atomic E-state index is -0.437. The van der Waals surface area contributed by atoms with E-state index < -0.39 is 5.91 Å². The molecule has 1 saturated heterocycles. The maximum absolute atomic E-state index is 12.8. The third-order valence-corrected chi connectivity index (χ3v) is 6.51. The van der Waals surface area contributed by atoms with Gasteiger partial charge in [-0.25, -0.2) is 0 Å². The number of imide groups is 1. The summed E-state index contributed by atoms with van der Waals surface area (Å²) < 4.78 is 0.861. The largest absolute Gasteiger partial charge is 0.272 e. The number of rotatable bonds is 2. The molecule has 1 aliphatic heterocycles. The lowest BCUT2D eigenvalue weighted by Crippen LogP contribution is -2.46. The Morgan fingerprint density at radius 3 is 2.08 bits per heavy atom. The Kier molecular flexibility index (Phi) is 2.87. The second kappa shape index (κ2) is 4.79. The van der Waals surface area contributed by atoms with Gasteiger partial charge in [0.25, 0.3) is 17.7 Å². The van der Waals surface area contributed by atoms with Crippen molar-refractivity contribution in [3.05, 3.63) is 46.5 Å². The minimum Gasteiger partial charge on any atom is -0.272 e. The van der Waals surface area contributed by atoms with E-state index in [1.807, 2.05) is 0 Å². The van der Waals surface area contributed by atoms with Crippen molar-refractivity contribution in [2.24, 2.45) is 35.5 Å². The number of hydrogen-bond acceptors (Lipinski definition) is 3. The highest BCUT2D eigenvalue weighted by Crippen LogP contribution is 2.65. The van der Waals surface area contributed by atoms with Crippen LogP contribution in [-0.4, -0.2) is 22.7 Å². The fourth-order valence-corrected chi connectivity index (χ4v) is 5.10. The molecule has 1 N–H and O–H groups in total. The van der Waals surface area contributed by atoms with Crippen LogP contribution in [-0.2, 0) is 9.59 Å². The highest BCUT2D eigenvalue weighted by atomic mass is 79.9. The van der Waals surface area contributed by atoms with E-state index in [-0.39, 0.29) is 35.5 Å². The molecule has 0 aromatic heterocycles. The van der Waals surface area contributed by atoms with E-state index in [1.165, 1.54) is 0 Å². The van der Waals surface area contributed by atoms with E-state index in [2.05, 4.69) is 33.5 Å². The van der Waals surface area contributed by atoms with Gasteiger partial charge in [0.2, 0.25) is 0 Å². The third kappa shape index (κ3) is 1.83. The summed E-state index contributed by atoms with van der Waals surface area (Å²) in [7, 11) is 0. The normalized spacial score (nSPS) is 38.1. The summed E-state index contributed by atoms with van der Waals surface area (Å²) in [5, 5.41) is 0.970. The van der Waals surface area contributed by atoms with Crippen molar-refractivity contribution in [2.45, 2.75) is 6.42 Å². The Morgan fingerprint density at radius 1 is 1.00 bits per heavy atom. The molecular formula is C18H15BrN2O3. The van der Waals surface area contributed by atoms with Crippen LogP contribution in [0.25, 0.3) is 0 Å². The average Bonchev–Trinajstić information content (AvgIpc) is 3.36. The zero-order valence-corrected chi connectivity index (χ0v) is 14.3. The van der Waals surface area contributed by atoms with Crippen LogP contribution in [0, 0.1) is 35.5 Å². The van der Waals surface area contributed by atoms with Crippen molar-refractivity contribution in [3.63, 3.8) is 0 Å². The summed E-state index contributed by atoms with van der Waals surface area (Å²) in [5.74, 6) is -0.0797. The third-order valence-electron chi connectivity index (χ3n) is 5.98. The van der Waals surface area contributed by atoms with E-state index in [9.17, 15) is 14.4 Å². The zero-order chi connectivity index (χ0) is 16.6. The number of carbonyl (C=O) groups excluding carboxylic acids is 3. The number of benzene rings is 1. The van der Waals surface area contributed by atoms with Crippen molar-refractivity contribution in [1.82, 2.24) is 10.4 Å². The molecule has 5 nitrogen and oxygen atoms in total. The number of carbonyl (C=O) groups is 3. The van der Waals surface area contributed by atoms with Crippen LogP contribution < -0.4 is 5.43 Å². The fourth-order valence-electron chi connectivity index (χ4n) is 4.83. The molecule has 1 heterocycles. The molecule has 6 rings (SSSR count). The van der Waals surface area contributed by atoms with Gasteiger partial charge in [-0.05, 0) is 54.4 Å². The Hall–Kier alpha value is -1.95. The average molecular weight is 387 g/mol. The molecule has 2 bridgehead atoms. The maximum atomic E-state index is 12.8. The molecule has 122 valence electrons. The molecule has 6 atom stereocenters. The molecular weight excluding hydrogens is 372 g/mol. The van der Waals surface area contributed by atoms with E-state index >= 15 is 0 Å². The van der Waals surface area contributed by atoms with Crippen molar-refractivity contribution >= 4 is 33.7 Å². The Labute approximate surface area is 147 Å². The highest BCUT2D eigenvalue weighted by molar-refractivity contribution is 9.10. The first-order chi connectivity index (χ1) is 11.6. The van der Waals surface area contributed by atoms with Gasteiger partial charge in [-0.2, -0.15) is 5.01 Å². The Bertz CT molecular complexity index is 767. The highest BCUT2D eigenvalue weighted by Gasteiger charge is 2.67. The van der Waals surface area contributed by atoms with Gasteiger partial charge >= 0.3 is 0 Å². The summed E-state index contributed by atoms with van der Waals surface area (Å²) in [5.41, 5.74) is 2.94. The number of hydrogen-bond donors (Lipinski definition) is 1. The van der Waals surface area contributed by atoms with Gasteiger partial charge in [0, 0.05) is 10.0 Å². The molecule has 4 aliphatic carbocycles. The van der Waals surface area contributed by atoms with Crippen LogP contribution in [0.5, 0.6) is 0 Å². The van der Waals surface area contributed by atoms with Gasteiger partial charge in [-0.15, -0.1) is 0 Å². The smallest absolute Gasteiger partial charge is 0.270 e. The van der Waals surface area contributed by atoms with Crippen LogP contribution in [0.2, 0.25) is 0 Å². The van der Waals surface area contributed by atoms with Crippen LogP contribution in [0.3, 0.4) is 0 Å². The van der Waals surface area contributed by atoms with Crippen molar-refractivity contribution < 1.29 is 14.4 Å². The monoisotopic (exact) mass is 386 g/mol. The topological polar surface area (TPSA) is 66.5 Å². The maximum Gasteiger partial charge on any atom is 0.270 e. The number of hydrazine groups is 1. The molecule has 0 radical (unpaired) electrons. The van der Waals surface area contributed by atoms with Crippen LogP contribution in [0.1, 0.15) is 16.8 Å². The van der Waals surface area contributed by atoms with Crippen LogP contribution in [0.15, 0.2) is 40.9 Å². The van der Waals surface area contributed by atoms with Gasteiger partial charge < -0.3 is 0 Å². The summed E-state index contributed by atoms with van der Waals surface area (Å²) >= 11 is 3.32. The van der Waals surface area contributed by atoms with E-state index in [0.717, 1.165) is 15.9 Å². The predicted molar refractivity (Wildman–Crippen MR) is 88.2 cm³/mol. The second-order valence-electron chi connectivity index (χ2n) is 7.11. The Morgan fingerprint density at radius 2 is 1.54 bits per heavy atom. The van der Waals surface area contributed by atoms with Gasteiger partial charge in [0.15, 0.2) is 0 Å². The van der Waals surface area contributed by atoms with Gasteiger partial charge in [-0.3, -0.25) is 19.8 Å². The zero-order valence-electron chi connectivity index (χ0n) is 12.7. The number of allylic oxidation sites excluding steroid dienone is 2. The number of halogens is 1. The lowest BCUT2D eigenvalue weighted by atomic mass is 9.63. The van der Waals surface area contributed by atoms with Gasteiger partial charge in [-0.1, -0.05) is 28.1 Å². The van der Waals surface area contributed by atoms with E-state index in [0.29, 0.717) is 17.4 Å². The van der Waals surface area contributed by atoms with Crippen molar-refractivity contribution in [2.75, 3.05) is 0 Å². The minimum absolute atomic E-state index is 0.163. The van der Waals surface area contributed by atoms with Gasteiger partial charge in [0.1, 0.15) is 0 Å². The first kappa shape index (κ1) is 14.4. The summed E-state index contributed by atoms with van der Waals surface area (Å²) in [6, 6.07) is 6.80. The van der Waals surface area contributed by atoms with E-state index in [4.69, 9.17) is 0 Å². The Balaban J connectivity index is 1.40. The van der Waals surface area contributed by atoms with Crippen LogP contribution >= 0.6 is 15.9 Å². The summed E-state index contributed by atoms with van der Waals surface area (Å²) in [6.45, 7) is 0. The van der Waals surface area contributed by atoms with Gasteiger partial charge in [0.05, 0.1) is 11.8 Å². The summed E-state index contributed by atoms with van der Waals surface area (Å²) in [4.78, 5) is 37.9. The first-order valence-corrected chi connectivity index (χ1v) is 8.98. The molecule has 3 fully saturated rings. The quantitative estimate of drug-likeness (QED) is 0.625. The lowest BCUT2D eigenvalue weighted by molar-refractivity contribution is -0.143. The summed E-state index contributed by atoms with van der Waals surface area (Å²) in [6.07, 6.45) is 5.36. The number of nitrogens with zero attached hydrogens (tertiary/aromatic N) is 1. The second-order valence-corrected chi connectivity index (χ2v) is 8.03. The number of nitrogens with one attached hydrogen (secondary N) is 1. The standard InChI is InChI=1S/C18H15BrN2O3/c19-9-3-1-8(2-4-9)16(22)20-21-17(23)14-10-5-6-11(13-7-12(10)13)15(14)18(21)24/h1-6,10-15H,7H2,(H,20,22)/t10-,11+,12-,13-,14-,15+/m0/s1. The first-order valence-electron chi connectivity index (χ1n) is 8.19. The van der Waals surface area contributed by atoms with Crippen LogP contribution in [0.4, 0.5) is 0 Å². The molecule has 0 spiro atoms. The van der Waals surface area contributed by atoms with Crippen molar-refractivity contribution in [3.8, 4) is 0 Å². The molecule has 24 heavy (non-hydrogen) atoms. The SMILES string of the molecule is O=C(NN1C(=O)[C@@H]2[C@@H]3C=C[C@@H]([C@@H]4C[C@@H]34)[C@@H]2C1=O)c1ccc(Br)cc1. The van der Waals surface area contributed by atoms with Crippen molar-refractivity contribution in [1.29, 1.82) is 0 Å². The molecule has 3 amide bonds. The molecule has 0 unspecified atom stereocenters. The molecule has 5 aliphatic rings.